The number of hydrogen-bond acceptors (Lipinski definition) is 5. The number of nitrogens with zero attached hydrogens (tertiary/aromatic N) is 4. The lowest BCUT2D eigenvalue weighted by Crippen LogP contribution is -2.40. The Bertz CT molecular complexity index is 1410. The van der Waals surface area contributed by atoms with Crippen LogP contribution in [0.1, 0.15) is 52.7 Å². The maximum atomic E-state index is 13.4. The first-order valence-electron chi connectivity index (χ1n) is 12.4. The van der Waals surface area contributed by atoms with Crippen molar-refractivity contribution in [2.45, 2.75) is 31.1 Å². The van der Waals surface area contributed by atoms with Crippen molar-refractivity contribution in [2.75, 3.05) is 13.1 Å². The van der Waals surface area contributed by atoms with Crippen LogP contribution in [0.15, 0.2) is 85.3 Å². The number of fused-ring (bicyclic) bond motifs is 1. The Balaban J connectivity index is 1.26. The topological polar surface area (TPSA) is 76.1 Å². The fourth-order valence-corrected chi connectivity index (χ4v) is 5.45. The summed E-state index contributed by atoms with van der Waals surface area (Å²) in [7, 11) is 0. The number of piperidine rings is 1. The van der Waals surface area contributed by atoms with Crippen molar-refractivity contribution in [3.63, 3.8) is 0 Å². The van der Waals surface area contributed by atoms with Crippen molar-refractivity contribution in [3.8, 4) is 22.5 Å². The van der Waals surface area contributed by atoms with E-state index in [1.54, 1.807) is 12.4 Å². The summed E-state index contributed by atoms with van der Waals surface area (Å²) in [5.41, 5.74) is 5.59. The second kappa shape index (κ2) is 9.46. The SMILES string of the molecule is O=C1CC(C(=O)N2CCC(c3nc(-c4cccnc4)ncc3-c3ccccc3)CC2)c2ccccc21. The molecule has 2 aliphatic rings. The van der Waals surface area contributed by atoms with E-state index in [9.17, 15) is 9.59 Å². The zero-order valence-electron chi connectivity index (χ0n) is 19.9. The summed E-state index contributed by atoms with van der Waals surface area (Å²) in [6.45, 7) is 1.30. The van der Waals surface area contributed by atoms with Gasteiger partial charge in [-0.2, -0.15) is 0 Å². The number of Topliss-reactive ketones (excluding diaryl/α,β-unsaturated/α-hetero) is 1. The van der Waals surface area contributed by atoms with Gasteiger partial charge >= 0.3 is 0 Å². The molecule has 0 bridgehead atoms. The van der Waals surface area contributed by atoms with Crippen molar-refractivity contribution in [1.82, 2.24) is 19.9 Å². The number of benzene rings is 2. The Morgan fingerprint density at radius 3 is 2.36 bits per heavy atom. The van der Waals surface area contributed by atoms with Gasteiger partial charge in [-0.1, -0.05) is 54.6 Å². The smallest absolute Gasteiger partial charge is 0.230 e. The molecule has 1 aliphatic heterocycles. The van der Waals surface area contributed by atoms with Gasteiger partial charge in [0, 0.05) is 60.7 Å². The van der Waals surface area contributed by atoms with Crippen LogP contribution in [0.2, 0.25) is 0 Å². The Morgan fingerprint density at radius 1 is 0.833 bits per heavy atom. The number of carbonyl (C=O) groups is 2. The lowest BCUT2D eigenvalue weighted by molar-refractivity contribution is -0.133. The van der Waals surface area contributed by atoms with Crippen LogP contribution in [-0.4, -0.2) is 44.6 Å². The molecule has 6 nitrogen and oxygen atoms in total. The van der Waals surface area contributed by atoms with E-state index in [0.717, 1.165) is 40.8 Å². The second-order valence-electron chi connectivity index (χ2n) is 9.47. The normalized spacial score (nSPS) is 17.7. The van der Waals surface area contributed by atoms with E-state index in [1.807, 2.05) is 65.7 Å². The van der Waals surface area contributed by atoms with Crippen LogP contribution in [0.5, 0.6) is 0 Å². The number of aromatic nitrogens is 3. The van der Waals surface area contributed by atoms with Crippen LogP contribution in [0, 0.1) is 0 Å². The van der Waals surface area contributed by atoms with Gasteiger partial charge in [-0.3, -0.25) is 14.6 Å². The first-order chi connectivity index (χ1) is 17.7. The predicted molar refractivity (Wildman–Crippen MR) is 137 cm³/mol. The highest BCUT2D eigenvalue weighted by Gasteiger charge is 2.37. The van der Waals surface area contributed by atoms with Gasteiger partial charge in [-0.25, -0.2) is 9.97 Å². The molecule has 1 saturated heterocycles. The van der Waals surface area contributed by atoms with E-state index in [-0.39, 0.29) is 29.9 Å². The standard InChI is InChI=1S/C30H26N4O2/c35-27-17-25(23-10-4-5-11-24(23)27)30(36)34-15-12-21(13-16-34)28-26(20-7-2-1-3-8-20)19-32-29(33-28)22-9-6-14-31-18-22/h1-11,14,18-19,21,25H,12-13,15-17H2. The number of pyridine rings is 1. The third kappa shape index (κ3) is 4.09. The van der Waals surface area contributed by atoms with Gasteiger partial charge in [0.25, 0.3) is 0 Å². The molecule has 36 heavy (non-hydrogen) atoms. The maximum Gasteiger partial charge on any atom is 0.230 e. The molecular weight excluding hydrogens is 448 g/mol. The predicted octanol–water partition coefficient (Wildman–Crippen LogP) is 5.28. The number of ketones is 1. The highest BCUT2D eigenvalue weighted by atomic mass is 16.2. The summed E-state index contributed by atoms with van der Waals surface area (Å²) in [6, 6.07) is 21.6. The first kappa shape index (κ1) is 22.3. The molecule has 0 saturated carbocycles. The van der Waals surface area contributed by atoms with E-state index in [1.165, 1.54) is 0 Å². The minimum atomic E-state index is -0.360. The summed E-state index contributed by atoms with van der Waals surface area (Å²) in [5.74, 6) is 0.642. The largest absolute Gasteiger partial charge is 0.342 e. The molecule has 1 unspecified atom stereocenters. The minimum Gasteiger partial charge on any atom is -0.342 e. The average Bonchev–Trinajstić information content (AvgIpc) is 3.30. The molecule has 0 spiro atoms. The van der Waals surface area contributed by atoms with Crippen LogP contribution >= 0.6 is 0 Å². The van der Waals surface area contributed by atoms with E-state index in [2.05, 4.69) is 22.1 Å². The number of hydrogen-bond donors (Lipinski definition) is 0. The van der Waals surface area contributed by atoms with Crippen LogP contribution in [0.3, 0.4) is 0 Å². The Kier molecular flexibility index (Phi) is 5.85. The summed E-state index contributed by atoms with van der Waals surface area (Å²) < 4.78 is 0. The molecule has 4 aromatic rings. The molecule has 1 aliphatic carbocycles. The molecule has 3 heterocycles. The average molecular weight is 475 g/mol. The van der Waals surface area contributed by atoms with Crippen LogP contribution in [0.4, 0.5) is 0 Å². The molecular formula is C30H26N4O2. The summed E-state index contributed by atoms with van der Waals surface area (Å²) in [4.78, 5) is 41.7. The summed E-state index contributed by atoms with van der Waals surface area (Å²) in [5, 5.41) is 0. The number of likely N-dealkylation sites (tertiary alicyclic amines) is 1. The quantitative estimate of drug-likeness (QED) is 0.402. The zero-order valence-corrected chi connectivity index (χ0v) is 19.9. The van der Waals surface area contributed by atoms with Crippen molar-refractivity contribution < 1.29 is 9.59 Å². The lowest BCUT2D eigenvalue weighted by Gasteiger charge is -2.34. The fourth-order valence-electron chi connectivity index (χ4n) is 5.45. The summed E-state index contributed by atoms with van der Waals surface area (Å²) in [6.07, 6.45) is 7.35. The summed E-state index contributed by atoms with van der Waals surface area (Å²) >= 11 is 0. The van der Waals surface area contributed by atoms with Gasteiger partial charge in [0.2, 0.25) is 5.91 Å². The lowest BCUT2D eigenvalue weighted by atomic mass is 9.88. The van der Waals surface area contributed by atoms with E-state index in [4.69, 9.17) is 4.98 Å². The maximum absolute atomic E-state index is 13.4. The van der Waals surface area contributed by atoms with Gasteiger partial charge in [0.1, 0.15) is 0 Å². The van der Waals surface area contributed by atoms with E-state index >= 15 is 0 Å². The molecule has 0 radical (unpaired) electrons. The van der Waals surface area contributed by atoms with Crippen molar-refractivity contribution >= 4 is 11.7 Å². The molecule has 1 amide bonds. The molecule has 2 aromatic carbocycles. The molecule has 1 fully saturated rings. The highest BCUT2D eigenvalue weighted by molar-refractivity contribution is 6.06. The molecule has 2 aromatic heterocycles. The van der Waals surface area contributed by atoms with Crippen molar-refractivity contribution in [1.29, 1.82) is 0 Å². The number of amides is 1. The molecule has 178 valence electrons. The van der Waals surface area contributed by atoms with E-state index in [0.29, 0.717) is 24.5 Å². The Morgan fingerprint density at radius 2 is 1.58 bits per heavy atom. The molecule has 1 atom stereocenters. The van der Waals surface area contributed by atoms with Gasteiger partial charge in [0.05, 0.1) is 11.6 Å². The third-order valence-electron chi connectivity index (χ3n) is 7.34. The van der Waals surface area contributed by atoms with Crippen LogP contribution < -0.4 is 0 Å². The molecule has 6 heteroatoms. The highest BCUT2D eigenvalue weighted by Crippen LogP contribution is 2.38. The van der Waals surface area contributed by atoms with Gasteiger partial charge in [-0.15, -0.1) is 0 Å². The fraction of sp³-hybridized carbons (Fsp3) is 0.233. The molecule has 0 N–H and O–H groups in total. The van der Waals surface area contributed by atoms with Gasteiger partial charge in [-0.05, 0) is 36.1 Å². The van der Waals surface area contributed by atoms with Gasteiger partial charge < -0.3 is 4.90 Å². The Labute approximate surface area is 210 Å². The van der Waals surface area contributed by atoms with Crippen LogP contribution in [-0.2, 0) is 4.79 Å². The van der Waals surface area contributed by atoms with Crippen LogP contribution in [0.25, 0.3) is 22.5 Å². The monoisotopic (exact) mass is 474 g/mol. The van der Waals surface area contributed by atoms with E-state index < -0.39 is 0 Å². The van der Waals surface area contributed by atoms with Crippen molar-refractivity contribution in [2.24, 2.45) is 0 Å². The number of carbonyl (C=O) groups excluding carboxylic acids is 2. The van der Waals surface area contributed by atoms with Gasteiger partial charge in [0.15, 0.2) is 11.6 Å². The zero-order chi connectivity index (χ0) is 24.5. The minimum absolute atomic E-state index is 0.0637. The Hall–Kier alpha value is -4.19. The molecule has 6 rings (SSSR count). The second-order valence-corrected chi connectivity index (χ2v) is 9.47. The number of rotatable bonds is 4. The third-order valence-corrected chi connectivity index (χ3v) is 7.34. The van der Waals surface area contributed by atoms with Crippen molar-refractivity contribution in [3.05, 3.63) is 102 Å². The first-order valence-corrected chi connectivity index (χ1v) is 12.4.